The van der Waals surface area contributed by atoms with E-state index < -0.39 is 11.6 Å². The Balaban J connectivity index is 1.58. The second-order valence-electron chi connectivity index (χ2n) is 6.27. The molecule has 0 aromatic heterocycles. The highest BCUT2D eigenvalue weighted by molar-refractivity contribution is 5.52. The van der Waals surface area contributed by atoms with Crippen LogP contribution in [0.2, 0.25) is 0 Å². The maximum atomic E-state index is 14.0. The first-order valence-corrected chi connectivity index (χ1v) is 8.03. The molecule has 114 valence electrons. The van der Waals surface area contributed by atoms with Crippen LogP contribution in [-0.2, 0) is 0 Å². The van der Waals surface area contributed by atoms with Gasteiger partial charge < -0.3 is 4.74 Å². The van der Waals surface area contributed by atoms with Crippen molar-refractivity contribution in [1.29, 1.82) is 0 Å². The largest absolute Gasteiger partial charge is 0.490 e. The average Bonchev–Trinajstić information content (AvgIpc) is 3.17. The van der Waals surface area contributed by atoms with Gasteiger partial charge >= 0.3 is 0 Å². The summed E-state index contributed by atoms with van der Waals surface area (Å²) in [5.74, 6) is -0.382. The van der Waals surface area contributed by atoms with E-state index in [4.69, 9.17) is 4.74 Å². The van der Waals surface area contributed by atoms with E-state index in [9.17, 15) is 8.78 Å². The van der Waals surface area contributed by atoms with Crippen LogP contribution in [-0.4, -0.2) is 6.61 Å². The molecular formula is C18H22F2O. The van der Waals surface area contributed by atoms with Crippen LogP contribution in [0.15, 0.2) is 18.2 Å². The van der Waals surface area contributed by atoms with Crippen molar-refractivity contribution in [3.05, 3.63) is 35.4 Å². The van der Waals surface area contributed by atoms with Gasteiger partial charge in [0.2, 0.25) is 5.82 Å². The van der Waals surface area contributed by atoms with Crippen LogP contribution in [0.3, 0.4) is 0 Å². The molecule has 0 amide bonds. The van der Waals surface area contributed by atoms with E-state index in [0.717, 1.165) is 19.3 Å². The second kappa shape index (κ2) is 6.59. The lowest BCUT2D eigenvalue weighted by Crippen LogP contribution is -2.06. The minimum Gasteiger partial charge on any atom is -0.490 e. The number of benzene rings is 1. The zero-order valence-corrected chi connectivity index (χ0v) is 12.3. The quantitative estimate of drug-likeness (QED) is 0.687. The number of hydrogen-bond donors (Lipinski definition) is 0. The first-order valence-electron chi connectivity index (χ1n) is 8.03. The Kier molecular flexibility index (Phi) is 4.57. The number of ether oxygens (including phenoxy) is 1. The summed E-state index contributed by atoms with van der Waals surface area (Å²) in [6, 6.07) is 3.14. The maximum Gasteiger partial charge on any atom is 0.201 e. The zero-order valence-electron chi connectivity index (χ0n) is 12.3. The molecule has 1 aromatic carbocycles. The fourth-order valence-electron chi connectivity index (χ4n) is 2.95. The van der Waals surface area contributed by atoms with Gasteiger partial charge in [-0.3, -0.25) is 0 Å². The van der Waals surface area contributed by atoms with E-state index in [1.54, 1.807) is 18.2 Å². The predicted molar refractivity (Wildman–Crippen MR) is 80.2 cm³/mol. The molecule has 0 saturated heterocycles. The summed E-state index contributed by atoms with van der Waals surface area (Å²) in [7, 11) is 0. The molecule has 0 aliphatic heterocycles. The van der Waals surface area contributed by atoms with Crippen LogP contribution >= 0.6 is 0 Å². The first-order chi connectivity index (χ1) is 10.2. The smallest absolute Gasteiger partial charge is 0.201 e. The molecule has 21 heavy (non-hydrogen) atoms. The lowest BCUT2D eigenvalue weighted by Gasteiger charge is -2.12. The Morgan fingerprint density at radius 3 is 2.52 bits per heavy atom. The molecule has 2 fully saturated rings. The number of halogens is 2. The zero-order chi connectivity index (χ0) is 14.7. The van der Waals surface area contributed by atoms with E-state index in [1.807, 2.05) is 6.08 Å². The number of allylic oxidation sites excluding steroid dienone is 1. The van der Waals surface area contributed by atoms with Crippen molar-refractivity contribution in [2.75, 3.05) is 6.61 Å². The van der Waals surface area contributed by atoms with Gasteiger partial charge in [-0.15, -0.1) is 0 Å². The van der Waals surface area contributed by atoms with Crippen LogP contribution < -0.4 is 4.74 Å². The molecule has 3 heteroatoms. The Morgan fingerprint density at radius 2 is 1.81 bits per heavy atom. The fraction of sp³-hybridized carbons (Fsp3) is 0.556. The van der Waals surface area contributed by atoms with Gasteiger partial charge in [0.05, 0.1) is 6.61 Å². The highest BCUT2D eigenvalue weighted by atomic mass is 19.2. The normalized spacial score (nSPS) is 19.5. The molecule has 0 spiro atoms. The summed E-state index contributed by atoms with van der Waals surface area (Å²) in [6.45, 7) is 0.471. The number of rotatable bonds is 6. The summed E-state index contributed by atoms with van der Waals surface area (Å²) in [5, 5.41) is 0. The minimum absolute atomic E-state index is 0.0362. The molecule has 0 radical (unpaired) electrons. The molecule has 1 nitrogen and oxygen atoms in total. The van der Waals surface area contributed by atoms with Gasteiger partial charge in [-0.2, -0.15) is 4.39 Å². The molecule has 1 aromatic rings. The van der Waals surface area contributed by atoms with Crippen molar-refractivity contribution in [3.63, 3.8) is 0 Å². The lowest BCUT2D eigenvalue weighted by molar-refractivity contribution is 0.264. The molecule has 2 aliphatic carbocycles. The Bertz CT molecular complexity index is 514. The van der Waals surface area contributed by atoms with E-state index in [-0.39, 0.29) is 5.75 Å². The van der Waals surface area contributed by atoms with E-state index in [0.29, 0.717) is 24.0 Å². The van der Waals surface area contributed by atoms with E-state index in [2.05, 4.69) is 0 Å². The standard InChI is InChI=1S/C18H22F2O/c19-17-15(8-7-14-5-6-14)9-10-16(18(17)20)21-12-11-13-3-1-2-4-13/h7-10,13-14H,1-6,11-12H2/b8-7+. The summed E-state index contributed by atoms with van der Waals surface area (Å²) < 4.78 is 33.4. The fourth-order valence-corrected chi connectivity index (χ4v) is 2.95. The Morgan fingerprint density at radius 1 is 1.05 bits per heavy atom. The van der Waals surface area contributed by atoms with Crippen LogP contribution in [0, 0.1) is 23.5 Å². The van der Waals surface area contributed by atoms with Gasteiger partial charge in [-0.1, -0.05) is 37.8 Å². The first kappa shape index (κ1) is 14.6. The van der Waals surface area contributed by atoms with Crippen molar-refractivity contribution < 1.29 is 13.5 Å². The number of hydrogen-bond acceptors (Lipinski definition) is 1. The molecule has 3 rings (SSSR count). The van der Waals surface area contributed by atoms with Crippen LogP contribution in [0.25, 0.3) is 6.08 Å². The van der Waals surface area contributed by atoms with Crippen LogP contribution in [0.1, 0.15) is 50.5 Å². The van der Waals surface area contributed by atoms with Crippen molar-refractivity contribution in [1.82, 2.24) is 0 Å². The topological polar surface area (TPSA) is 9.23 Å². The minimum atomic E-state index is -0.862. The summed E-state index contributed by atoms with van der Waals surface area (Å²) in [4.78, 5) is 0. The van der Waals surface area contributed by atoms with Gasteiger partial charge in [0.15, 0.2) is 11.6 Å². The lowest BCUT2D eigenvalue weighted by atomic mass is 10.1. The molecule has 0 bridgehead atoms. The molecule has 0 heterocycles. The van der Waals surface area contributed by atoms with Gasteiger partial charge in [-0.25, -0.2) is 4.39 Å². The molecule has 0 atom stereocenters. The van der Waals surface area contributed by atoms with Crippen molar-refractivity contribution in [2.45, 2.75) is 44.9 Å². The van der Waals surface area contributed by atoms with Crippen molar-refractivity contribution in [3.8, 4) is 5.75 Å². The predicted octanol–water partition coefficient (Wildman–Crippen LogP) is 5.35. The molecule has 2 aliphatic rings. The highest BCUT2D eigenvalue weighted by Crippen LogP contribution is 2.32. The van der Waals surface area contributed by atoms with Crippen molar-refractivity contribution in [2.24, 2.45) is 11.8 Å². The SMILES string of the molecule is Fc1c(/C=C/C2CC2)ccc(OCCC2CCCC2)c1F. The van der Waals surface area contributed by atoms with Crippen LogP contribution in [0.4, 0.5) is 8.78 Å². The van der Waals surface area contributed by atoms with Crippen LogP contribution in [0.5, 0.6) is 5.75 Å². The van der Waals surface area contributed by atoms with Gasteiger partial charge in [-0.05, 0) is 43.2 Å². The van der Waals surface area contributed by atoms with E-state index >= 15 is 0 Å². The molecule has 0 unspecified atom stereocenters. The van der Waals surface area contributed by atoms with Gasteiger partial charge in [0.25, 0.3) is 0 Å². The summed E-state index contributed by atoms with van der Waals surface area (Å²) in [5.41, 5.74) is 0.308. The Hall–Kier alpha value is -1.38. The summed E-state index contributed by atoms with van der Waals surface area (Å²) in [6.07, 6.45) is 11.9. The second-order valence-corrected chi connectivity index (χ2v) is 6.27. The average molecular weight is 292 g/mol. The maximum absolute atomic E-state index is 14.0. The van der Waals surface area contributed by atoms with Crippen molar-refractivity contribution >= 4 is 6.08 Å². The molecule has 2 saturated carbocycles. The highest BCUT2D eigenvalue weighted by Gasteiger charge is 2.19. The monoisotopic (exact) mass is 292 g/mol. The van der Waals surface area contributed by atoms with Gasteiger partial charge in [0, 0.05) is 5.56 Å². The summed E-state index contributed by atoms with van der Waals surface area (Å²) >= 11 is 0. The molecular weight excluding hydrogens is 270 g/mol. The Labute approximate surface area is 125 Å². The third kappa shape index (κ3) is 3.84. The molecule has 0 N–H and O–H groups in total. The van der Waals surface area contributed by atoms with Gasteiger partial charge in [0.1, 0.15) is 0 Å². The third-order valence-electron chi connectivity index (χ3n) is 4.51. The third-order valence-corrected chi connectivity index (χ3v) is 4.51. The van der Waals surface area contributed by atoms with E-state index in [1.165, 1.54) is 25.7 Å².